The van der Waals surface area contributed by atoms with Gasteiger partial charge in [0.05, 0.1) is 5.92 Å². The molecule has 0 fully saturated rings. The Morgan fingerprint density at radius 1 is 0.429 bits per heavy atom. The van der Waals surface area contributed by atoms with E-state index in [0.29, 0.717) is 6.42 Å². The summed E-state index contributed by atoms with van der Waals surface area (Å²) in [5.41, 5.74) is 0. The molecular weight excluding hydrogens is 689 g/mol. The van der Waals surface area contributed by atoms with E-state index in [9.17, 15) is 14.4 Å². The van der Waals surface area contributed by atoms with Crippen molar-refractivity contribution < 1.29 is 19.1 Å². The Kier molecular flexibility index (Phi) is 44.6. The summed E-state index contributed by atoms with van der Waals surface area (Å²) in [6.07, 6.45) is 57.8. The van der Waals surface area contributed by atoms with Gasteiger partial charge in [-0.15, -0.1) is 0 Å². The molecule has 0 aromatic carbocycles. The molecule has 4 heteroatoms. The molecule has 0 bridgehead atoms. The maximum Gasteiger partial charge on any atom is 0.316 e. The lowest BCUT2D eigenvalue weighted by Gasteiger charge is -2.15. The highest BCUT2D eigenvalue weighted by Gasteiger charge is 2.22. The van der Waals surface area contributed by atoms with Crippen molar-refractivity contribution in [2.24, 2.45) is 11.8 Å². The van der Waals surface area contributed by atoms with Crippen LogP contribution in [0.15, 0.2) is 24.3 Å². The number of aldehydes is 1. The number of esters is 2. The number of unbranched alkanes of at least 4 members (excludes halogenated alkanes) is 31. The lowest BCUT2D eigenvalue weighted by molar-refractivity contribution is -0.163. The number of rotatable bonds is 45. The molecule has 0 aliphatic heterocycles. The molecule has 0 spiro atoms. The summed E-state index contributed by atoms with van der Waals surface area (Å²) in [6, 6.07) is 0. The predicted octanol–water partition coefficient (Wildman–Crippen LogP) is 17.3. The van der Waals surface area contributed by atoms with Crippen molar-refractivity contribution >= 4 is 18.2 Å². The summed E-state index contributed by atoms with van der Waals surface area (Å²) in [5.74, 6) is 0.142. The fourth-order valence-electron chi connectivity index (χ4n) is 7.80. The van der Waals surface area contributed by atoms with Gasteiger partial charge in [0.15, 0.2) is 0 Å². The van der Waals surface area contributed by atoms with Crippen LogP contribution in [0, 0.1) is 11.8 Å². The molecule has 0 aliphatic rings. The number of hydrogen-bond acceptors (Lipinski definition) is 4. The zero-order valence-corrected chi connectivity index (χ0v) is 38.0. The Balaban J connectivity index is 4.26. The van der Waals surface area contributed by atoms with E-state index in [1.807, 2.05) is 0 Å². The molecule has 1 unspecified atom stereocenters. The molecule has 0 aromatic heterocycles. The van der Waals surface area contributed by atoms with E-state index in [4.69, 9.17) is 4.74 Å². The Morgan fingerprint density at radius 2 is 0.786 bits per heavy atom. The fourth-order valence-corrected chi connectivity index (χ4v) is 7.80. The van der Waals surface area contributed by atoms with Gasteiger partial charge in [-0.25, -0.2) is 0 Å². The predicted molar refractivity (Wildman–Crippen MR) is 244 cm³/mol. The third-order valence-electron chi connectivity index (χ3n) is 11.6. The van der Waals surface area contributed by atoms with Crippen molar-refractivity contribution in [1.29, 1.82) is 0 Å². The summed E-state index contributed by atoms with van der Waals surface area (Å²) in [5, 5.41) is 0. The second-order valence-corrected chi connectivity index (χ2v) is 17.7. The number of carbonyl (C=O) groups excluding carboxylic acids is 3. The van der Waals surface area contributed by atoms with Gasteiger partial charge < -0.3 is 9.53 Å². The minimum Gasteiger partial charge on any atom is -0.393 e. The molecule has 4 nitrogen and oxygen atoms in total. The van der Waals surface area contributed by atoms with E-state index in [1.165, 1.54) is 180 Å². The Bertz CT molecular complexity index is 889. The SMILES string of the molecule is CCCCCC=CCC=CCCCCCCCC(=O)OC(=O)C(CCCCCCCCCCCCCCCC=O)CCCCCCCCCCCCCC(C)C. The average molecular weight is 785 g/mol. The summed E-state index contributed by atoms with van der Waals surface area (Å²) in [6.45, 7) is 6.89. The van der Waals surface area contributed by atoms with Gasteiger partial charge in [0.25, 0.3) is 0 Å². The quantitative estimate of drug-likeness (QED) is 0.0203. The molecular formula is C52H96O4. The van der Waals surface area contributed by atoms with Gasteiger partial charge in [0, 0.05) is 12.8 Å². The average Bonchev–Trinajstić information content (AvgIpc) is 3.18. The maximum absolute atomic E-state index is 13.2. The van der Waals surface area contributed by atoms with E-state index in [1.54, 1.807) is 0 Å². The zero-order valence-electron chi connectivity index (χ0n) is 38.0. The number of carbonyl (C=O) groups is 3. The van der Waals surface area contributed by atoms with E-state index in [2.05, 4.69) is 45.1 Å². The third kappa shape index (κ3) is 43.4. The van der Waals surface area contributed by atoms with Crippen LogP contribution in [0.25, 0.3) is 0 Å². The van der Waals surface area contributed by atoms with Crippen molar-refractivity contribution in [1.82, 2.24) is 0 Å². The van der Waals surface area contributed by atoms with Crippen LogP contribution in [-0.4, -0.2) is 18.2 Å². The highest BCUT2D eigenvalue weighted by Crippen LogP contribution is 2.22. The van der Waals surface area contributed by atoms with Crippen LogP contribution < -0.4 is 0 Å². The number of hydrogen-bond donors (Lipinski definition) is 0. The largest absolute Gasteiger partial charge is 0.393 e. The molecule has 0 aromatic rings. The lowest BCUT2D eigenvalue weighted by Crippen LogP contribution is -2.21. The van der Waals surface area contributed by atoms with Gasteiger partial charge in [0.2, 0.25) is 0 Å². The second-order valence-electron chi connectivity index (χ2n) is 17.7. The molecule has 0 heterocycles. The van der Waals surface area contributed by atoms with Crippen molar-refractivity contribution in [3.05, 3.63) is 24.3 Å². The highest BCUT2D eigenvalue weighted by atomic mass is 16.6. The summed E-state index contributed by atoms with van der Waals surface area (Å²) in [4.78, 5) is 36.2. The molecule has 1 atom stereocenters. The van der Waals surface area contributed by atoms with Crippen LogP contribution in [0.5, 0.6) is 0 Å². The van der Waals surface area contributed by atoms with Gasteiger partial charge in [-0.3, -0.25) is 9.59 Å². The monoisotopic (exact) mass is 785 g/mol. The highest BCUT2D eigenvalue weighted by molar-refractivity contribution is 5.86. The van der Waals surface area contributed by atoms with Gasteiger partial charge in [-0.05, 0) is 63.7 Å². The lowest BCUT2D eigenvalue weighted by atomic mass is 9.94. The second kappa shape index (κ2) is 46.0. The van der Waals surface area contributed by atoms with Crippen LogP contribution in [0.2, 0.25) is 0 Å². The normalized spacial score (nSPS) is 12.4. The molecule has 0 saturated heterocycles. The molecule has 0 saturated carbocycles. The van der Waals surface area contributed by atoms with Crippen molar-refractivity contribution in [3.63, 3.8) is 0 Å². The van der Waals surface area contributed by atoms with Crippen molar-refractivity contribution in [3.8, 4) is 0 Å². The molecule has 0 radical (unpaired) electrons. The third-order valence-corrected chi connectivity index (χ3v) is 11.6. The van der Waals surface area contributed by atoms with Crippen LogP contribution in [-0.2, 0) is 19.1 Å². The van der Waals surface area contributed by atoms with Crippen molar-refractivity contribution in [2.75, 3.05) is 0 Å². The van der Waals surface area contributed by atoms with Crippen LogP contribution in [0.1, 0.15) is 278 Å². The topological polar surface area (TPSA) is 60.4 Å². The smallest absolute Gasteiger partial charge is 0.316 e. The van der Waals surface area contributed by atoms with Gasteiger partial charge in [-0.2, -0.15) is 0 Å². The minimum atomic E-state index is -0.316. The van der Waals surface area contributed by atoms with Crippen LogP contribution in [0.3, 0.4) is 0 Å². The first kappa shape index (κ1) is 54.3. The first-order valence-corrected chi connectivity index (χ1v) is 25.0. The molecule has 0 rings (SSSR count). The van der Waals surface area contributed by atoms with Gasteiger partial charge >= 0.3 is 11.9 Å². The Morgan fingerprint density at radius 3 is 1.20 bits per heavy atom. The van der Waals surface area contributed by atoms with Crippen LogP contribution in [0.4, 0.5) is 0 Å². The van der Waals surface area contributed by atoms with E-state index >= 15 is 0 Å². The fraction of sp³-hybridized carbons (Fsp3) is 0.865. The molecule has 328 valence electrons. The zero-order chi connectivity index (χ0) is 40.8. The Labute approximate surface area is 350 Å². The Hall–Kier alpha value is -1.71. The minimum absolute atomic E-state index is 0.127. The first-order valence-electron chi connectivity index (χ1n) is 25.0. The maximum atomic E-state index is 13.2. The molecule has 0 amide bonds. The van der Waals surface area contributed by atoms with Crippen LogP contribution >= 0.6 is 0 Å². The first-order chi connectivity index (χ1) is 27.5. The van der Waals surface area contributed by atoms with Crippen molar-refractivity contribution in [2.45, 2.75) is 278 Å². The molecule has 0 N–H and O–H groups in total. The van der Waals surface area contributed by atoms with E-state index in [-0.39, 0.29) is 17.9 Å². The molecule has 56 heavy (non-hydrogen) atoms. The number of allylic oxidation sites excluding steroid dienone is 4. The standard InChI is InChI=1S/C52H96O4/c1-4-5-6-7-8-9-10-11-12-16-22-27-32-37-42-47-51(54)56-52(55)50(46-41-36-31-26-21-18-19-24-29-34-39-44-49(2)3)45-40-35-30-25-20-15-13-14-17-23-28-33-38-43-48-53/h8-9,11-12,48-50H,4-7,10,13-47H2,1-3H3. The summed E-state index contributed by atoms with van der Waals surface area (Å²) in [7, 11) is 0. The summed E-state index contributed by atoms with van der Waals surface area (Å²) >= 11 is 0. The summed E-state index contributed by atoms with van der Waals surface area (Å²) < 4.78 is 5.47. The van der Waals surface area contributed by atoms with E-state index < -0.39 is 0 Å². The number of ether oxygens (including phenoxy) is 1. The van der Waals surface area contributed by atoms with Gasteiger partial charge in [-0.1, -0.05) is 231 Å². The van der Waals surface area contributed by atoms with Gasteiger partial charge in [0.1, 0.15) is 6.29 Å². The molecule has 0 aliphatic carbocycles. The van der Waals surface area contributed by atoms with E-state index in [0.717, 1.165) is 82.8 Å².